The Labute approximate surface area is 263 Å². The first-order valence-corrected chi connectivity index (χ1v) is 14.7. The van der Waals surface area contributed by atoms with Gasteiger partial charge in [0.25, 0.3) is 0 Å². The number of aliphatic hydroxyl groups is 2. The van der Waals surface area contributed by atoms with Crippen LogP contribution in [-0.4, -0.2) is 54.3 Å². The van der Waals surface area contributed by atoms with Crippen molar-refractivity contribution in [2.24, 2.45) is 0 Å². The fourth-order valence-corrected chi connectivity index (χ4v) is 4.51. The molecule has 0 heterocycles. The van der Waals surface area contributed by atoms with Gasteiger partial charge in [0, 0.05) is 5.69 Å². The number of nitriles is 1. The van der Waals surface area contributed by atoms with Gasteiger partial charge in [-0.05, 0) is 46.5 Å². The summed E-state index contributed by atoms with van der Waals surface area (Å²) in [4.78, 5) is 10.7. The second kappa shape index (κ2) is 18.4. The van der Waals surface area contributed by atoms with E-state index in [1.54, 1.807) is 48.5 Å². The van der Waals surface area contributed by atoms with Crippen molar-refractivity contribution >= 4 is 12.1 Å². The van der Waals surface area contributed by atoms with E-state index in [9.17, 15) is 15.0 Å². The average Bonchev–Trinajstić information content (AvgIpc) is 3.09. The highest BCUT2D eigenvalue weighted by Crippen LogP contribution is 2.18. The zero-order valence-electron chi connectivity index (χ0n) is 24.9. The molecule has 0 aliphatic rings. The van der Waals surface area contributed by atoms with Crippen LogP contribution in [0.4, 0.5) is 5.69 Å². The Kier molecular flexibility index (Phi) is 13.7. The van der Waals surface area contributed by atoms with E-state index in [1.807, 2.05) is 60.7 Å². The Morgan fingerprint density at radius 2 is 1.04 bits per heavy atom. The monoisotopic (exact) mass is 610 g/mol. The van der Waals surface area contributed by atoms with E-state index in [-0.39, 0.29) is 26.4 Å². The number of carbonyl (C=O) groups is 1. The molecule has 0 unspecified atom stereocenters. The van der Waals surface area contributed by atoms with Gasteiger partial charge < -0.3 is 34.5 Å². The Morgan fingerprint density at radius 1 is 0.622 bits per heavy atom. The molecule has 4 aromatic rings. The quantitative estimate of drug-likeness (QED) is 0.130. The van der Waals surface area contributed by atoms with Crippen LogP contribution in [0.3, 0.4) is 0 Å². The van der Waals surface area contributed by atoms with Gasteiger partial charge in [0.1, 0.15) is 24.4 Å². The molecule has 0 aliphatic heterocycles. The third-order valence-corrected chi connectivity index (χ3v) is 7.09. The Morgan fingerprint density at radius 3 is 1.47 bits per heavy atom. The van der Waals surface area contributed by atoms with Crippen LogP contribution < -0.4 is 5.32 Å². The molecule has 0 fully saturated rings. The fraction of sp³-hybridized carbons (Fsp3) is 0.278. The van der Waals surface area contributed by atoms with E-state index in [4.69, 9.17) is 24.2 Å². The van der Waals surface area contributed by atoms with E-state index in [1.165, 1.54) is 0 Å². The van der Waals surface area contributed by atoms with E-state index >= 15 is 0 Å². The van der Waals surface area contributed by atoms with Crippen molar-refractivity contribution in [2.75, 3.05) is 18.5 Å². The van der Waals surface area contributed by atoms with Crippen molar-refractivity contribution in [1.82, 2.24) is 0 Å². The van der Waals surface area contributed by atoms with Crippen LogP contribution in [0, 0.1) is 11.3 Å². The summed E-state index contributed by atoms with van der Waals surface area (Å²) >= 11 is 0. The predicted molar refractivity (Wildman–Crippen MR) is 169 cm³/mol. The molecule has 4 atom stereocenters. The maximum Gasteiger partial charge on any atom is 0.211 e. The molecule has 9 heteroatoms. The van der Waals surface area contributed by atoms with E-state index in [0.717, 1.165) is 22.3 Å². The van der Waals surface area contributed by atoms with E-state index < -0.39 is 24.4 Å². The van der Waals surface area contributed by atoms with Gasteiger partial charge in [0.2, 0.25) is 6.41 Å². The first-order valence-electron chi connectivity index (χ1n) is 14.7. The van der Waals surface area contributed by atoms with Crippen LogP contribution in [0.2, 0.25) is 0 Å². The van der Waals surface area contributed by atoms with Crippen LogP contribution in [0.5, 0.6) is 0 Å². The van der Waals surface area contributed by atoms with Crippen LogP contribution >= 0.6 is 0 Å². The number of aliphatic hydroxyl groups excluding tert-OH is 2. The summed E-state index contributed by atoms with van der Waals surface area (Å²) in [6.07, 6.45) is -3.99. The SMILES string of the molecule is N#Cc1ccc(CO[C@H](COCc2ccccc2)[C@@H](O)[C@H](O)[C@@H](COCc2ccccc2)OCc2ccc(NC=O)cc2)cc1. The number of carbonyl (C=O) groups excluding carboxylic acids is 1. The molecule has 0 saturated heterocycles. The topological polar surface area (TPSA) is 130 Å². The molecule has 0 bridgehead atoms. The number of nitrogens with zero attached hydrogens (tertiary/aromatic N) is 1. The smallest absolute Gasteiger partial charge is 0.211 e. The van der Waals surface area contributed by atoms with Gasteiger partial charge in [-0.25, -0.2) is 0 Å². The molecule has 0 aliphatic carbocycles. The van der Waals surface area contributed by atoms with Crippen molar-refractivity contribution in [1.29, 1.82) is 5.26 Å². The second-order valence-electron chi connectivity index (χ2n) is 10.4. The Hall–Kier alpha value is -4.40. The van der Waals surface area contributed by atoms with Crippen LogP contribution in [-0.2, 0) is 50.2 Å². The molecule has 4 rings (SSSR count). The van der Waals surface area contributed by atoms with Gasteiger partial charge in [0.15, 0.2) is 0 Å². The average molecular weight is 611 g/mol. The summed E-state index contributed by atoms with van der Waals surface area (Å²) in [5.41, 5.74) is 4.70. The number of hydrogen-bond acceptors (Lipinski definition) is 8. The molecular formula is C36H38N2O7. The zero-order chi connectivity index (χ0) is 31.7. The number of anilines is 1. The minimum atomic E-state index is -1.39. The maximum atomic E-state index is 11.4. The summed E-state index contributed by atoms with van der Waals surface area (Å²) < 4.78 is 24.0. The van der Waals surface area contributed by atoms with Crippen LogP contribution in [0.1, 0.15) is 27.8 Å². The van der Waals surface area contributed by atoms with Gasteiger partial charge in [-0.3, -0.25) is 4.79 Å². The summed E-state index contributed by atoms with van der Waals surface area (Å²) in [5, 5.41) is 34.6. The highest BCUT2D eigenvalue weighted by atomic mass is 16.6. The maximum absolute atomic E-state index is 11.4. The second-order valence-corrected chi connectivity index (χ2v) is 10.4. The van der Waals surface area contributed by atoms with Crippen molar-refractivity contribution in [3.05, 3.63) is 137 Å². The van der Waals surface area contributed by atoms with E-state index in [2.05, 4.69) is 11.4 Å². The van der Waals surface area contributed by atoms with Gasteiger partial charge in [-0.15, -0.1) is 0 Å². The number of nitrogens with one attached hydrogen (secondary N) is 1. The number of hydrogen-bond donors (Lipinski definition) is 3. The fourth-order valence-electron chi connectivity index (χ4n) is 4.51. The molecule has 4 aromatic carbocycles. The minimum Gasteiger partial charge on any atom is -0.388 e. The summed E-state index contributed by atoms with van der Waals surface area (Å²) in [6.45, 7) is 0.874. The molecule has 234 valence electrons. The molecule has 9 nitrogen and oxygen atoms in total. The summed E-state index contributed by atoms with van der Waals surface area (Å²) in [7, 11) is 0. The number of ether oxygens (including phenoxy) is 4. The molecule has 45 heavy (non-hydrogen) atoms. The number of amides is 1. The normalized spacial score (nSPS) is 13.7. The molecular weight excluding hydrogens is 572 g/mol. The first kappa shape index (κ1) is 33.5. The highest BCUT2D eigenvalue weighted by Gasteiger charge is 2.34. The van der Waals surface area contributed by atoms with Crippen LogP contribution in [0.25, 0.3) is 0 Å². The van der Waals surface area contributed by atoms with Crippen molar-refractivity contribution in [3.63, 3.8) is 0 Å². The van der Waals surface area contributed by atoms with Gasteiger partial charge in [0.05, 0.1) is 51.3 Å². The van der Waals surface area contributed by atoms with Crippen molar-refractivity contribution < 1.29 is 34.0 Å². The minimum absolute atomic E-state index is 0.00508. The predicted octanol–water partition coefficient (Wildman–Crippen LogP) is 4.75. The number of rotatable bonds is 19. The third-order valence-electron chi connectivity index (χ3n) is 7.09. The lowest BCUT2D eigenvalue weighted by atomic mass is 10.0. The van der Waals surface area contributed by atoms with Gasteiger partial charge >= 0.3 is 0 Å². The lowest BCUT2D eigenvalue weighted by Crippen LogP contribution is -2.49. The molecule has 0 aromatic heterocycles. The molecule has 0 spiro atoms. The summed E-state index contributed by atoms with van der Waals surface area (Å²) in [6, 6.07) is 35.4. The van der Waals surface area contributed by atoms with Crippen molar-refractivity contribution in [2.45, 2.75) is 50.8 Å². The zero-order valence-corrected chi connectivity index (χ0v) is 24.9. The largest absolute Gasteiger partial charge is 0.388 e. The Balaban J connectivity index is 1.45. The van der Waals surface area contributed by atoms with Gasteiger partial charge in [-0.2, -0.15) is 5.26 Å². The summed E-state index contributed by atoms with van der Waals surface area (Å²) in [5.74, 6) is 0. The standard InChI is InChI=1S/C36H38N2O7/c37-19-27-11-13-30(14-12-27)22-44-33(24-42-20-28-7-3-1-4-8-28)35(40)36(41)34(25-43-21-29-9-5-2-6-10-29)45-23-31-15-17-32(18-16-31)38-26-39/h1-18,26,33-36,40-41H,20-25H2,(H,38,39)/t33-,34-,35-,36-/m1/s1. The lowest BCUT2D eigenvalue weighted by molar-refractivity contribution is -0.170. The van der Waals surface area contributed by atoms with Crippen molar-refractivity contribution in [3.8, 4) is 6.07 Å². The molecule has 1 amide bonds. The molecule has 0 radical (unpaired) electrons. The first-order chi connectivity index (χ1) is 22.1. The lowest BCUT2D eigenvalue weighted by Gasteiger charge is -2.32. The number of benzene rings is 4. The van der Waals surface area contributed by atoms with E-state index in [0.29, 0.717) is 30.9 Å². The Bertz CT molecular complexity index is 1450. The molecule has 0 saturated carbocycles. The van der Waals surface area contributed by atoms with Crippen LogP contribution in [0.15, 0.2) is 109 Å². The molecule has 3 N–H and O–H groups in total. The highest BCUT2D eigenvalue weighted by molar-refractivity contribution is 5.71. The third kappa shape index (κ3) is 11.2. The van der Waals surface area contributed by atoms with Gasteiger partial charge in [-0.1, -0.05) is 84.9 Å².